The molecule has 0 saturated carbocycles. The Kier molecular flexibility index (Phi) is 1.53. The molecule has 0 bridgehead atoms. The summed E-state index contributed by atoms with van der Waals surface area (Å²) in [5.41, 5.74) is 6.13. The van der Waals surface area contributed by atoms with Crippen molar-refractivity contribution in [3.8, 4) is 0 Å². The molecule has 3 rings (SSSR count). The number of amides is 2. The molecule has 0 aromatic heterocycles. The van der Waals surface area contributed by atoms with Crippen molar-refractivity contribution in [3.05, 3.63) is 29.8 Å². The van der Waals surface area contributed by atoms with Crippen molar-refractivity contribution >= 4 is 23.3 Å². The number of aliphatic imine (C=N–C) groups is 1. The minimum Gasteiger partial charge on any atom is -0.386 e. The second-order valence-electron chi connectivity index (χ2n) is 3.97. The number of carbonyl (C=O) groups is 2. The van der Waals surface area contributed by atoms with Crippen LogP contribution in [0, 0.1) is 0 Å². The fourth-order valence-corrected chi connectivity index (χ4v) is 2.33. The zero-order valence-corrected chi connectivity index (χ0v) is 8.36. The summed E-state index contributed by atoms with van der Waals surface area (Å²) in [6, 6.07) is 7.23. The van der Waals surface area contributed by atoms with Gasteiger partial charge in [0.2, 0.25) is 11.8 Å². The smallest absolute Gasteiger partial charge is 0.249 e. The molecule has 1 spiro atoms. The quantitative estimate of drug-likeness (QED) is 0.646. The third-order valence-corrected chi connectivity index (χ3v) is 3.12. The van der Waals surface area contributed by atoms with E-state index in [9.17, 15) is 9.59 Å². The second kappa shape index (κ2) is 2.69. The first-order chi connectivity index (χ1) is 7.64. The van der Waals surface area contributed by atoms with Gasteiger partial charge in [0.05, 0.1) is 6.42 Å². The molecule has 2 aliphatic heterocycles. The Morgan fingerprint density at radius 3 is 2.75 bits per heavy atom. The molecule has 2 amide bonds. The summed E-state index contributed by atoms with van der Waals surface area (Å²) in [6.07, 6.45) is 0.0294. The highest BCUT2D eigenvalue weighted by Gasteiger charge is 2.54. The lowest BCUT2D eigenvalue weighted by atomic mass is 9.79. The number of nitrogens with one attached hydrogen (secondary N) is 1. The van der Waals surface area contributed by atoms with E-state index >= 15 is 0 Å². The van der Waals surface area contributed by atoms with E-state index in [0.29, 0.717) is 5.69 Å². The zero-order chi connectivity index (χ0) is 11.3. The van der Waals surface area contributed by atoms with Crippen molar-refractivity contribution in [3.63, 3.8) is 0 Å². The first-order valence-electron chi connectivity index (χ1n) is 4.93. The van der Waals surface area contributed by atoms with Gasteiger partial charge < -0.3 is 11.1 Å². The van der Waals surface area contributed by atoms with Crippen molar-refractivity contribution in [2.75, 3.05) is 5.32 Å². The Bertz CT molecular complexity index is 550. The monoisotopic (exact) mass is 215 g/mol. The maximum atomic E-state index is 12.0. The van der Waals surface area contributed by atoms with E-state index in [4.69, 9.17) is 5.73 Å². The van der Waals surface area contributed by atoms with E-state index in [2.05, 4.69) is 10.3 Å². The molecule has 0 aliphatic carbocycles. The number of para-hydroxylation sites is 1. The highest BCUT2D eigenvalue weighted by Crippen LogP contribution is 2.42. The van der Waals surface area contributed by atoms with Crippen LogP contribution in [0.25, 0.3) is 0 Å². The van der Waals surface area contributed by atoms with Gasteiger partial charge in [0.25, 0.3) is 0 Å². The van der Waals surface area contributed by atoms with Crippen LogP contribution in [0.5, 0.6) is 0 Å². The summed E-state index contributed by atoms with van der Waals surface area (Å²) >= 11 is 0. The standard InChI is InChI=1S/C11H9N3O2/c12-9-11(5-8(15)14-9)6-3-1-2-4-7(6)13-10(11)16/h1-4H,5H2,(H,13,16)(H2,12,14,15). The summed E-state index contributed by atoms with van der Waals surface area (Å²) in [5, 5.41) is 2.73. The minimum absolute atomic E-state index is 0.0294. The number of amidine groups is 1. The second-order valence-corrected chi connectivity index (χ2v) is 3.97. The molecule has 5 heteroatoms. The first kappa shape index (κ1) is 9.08. The number of fused-ring (bicyclic) bond motifs is 2. The van der Waals surface area contributed by atoms with Crippen LogP contribution in [0.2, 0.25) is 0 Å². The van der Waals surface area contributed by atoms with Crippen LogP contribution in [-0.4, -0.2) is 17.6 Å². The van der Waals surface area contributed by atoms with Crippen LogP contribution in [-0.2, 0) is 15.0 Å². The van der Waals surface area contributed by atoms with Gasteiger partial charge in [-0.1, -0.05) is 18.2 Å². The van der Waals surface area contributed by atoms with Gasteiger partial charge >= 0.3 is 0 Å². The van der Waals surface area contributed by atoms with Crippen molar-refractivity contribution in [1.29, 1.82) is 0 Å². The minimum atomic E-state index is -1.06. The van der Waals surface area contributed by atoms with Gasteiger partial charge in [-0.05, 0) is 11.6 Å². The number of benzene rings is 1. The van der Waals surface area contributed by atoms with Crippen molar-refractivity contribution in [2.45, 2.75) is 11.8 Å². The number of hydrogen-bond acceptors (Lipinski definition) is 3. The lowest BCUT2D eigenvalue weighted by molar-refractivity contribution is -0.123. The van der Waals surface area contributed by atoms with Gasteiger partial charge in [0.15, 0.2) is 0 Å². The van der Waals surface area contributed by atoms with Crippen LogP contribution in [0.1, 0.15) is 12.0 Å². The average molecular weight is 215 g/mol. The van der Waals surface area contributed by atoms with Gasteiger partial charge in [0.1, 0.15) is 11.3 Å². The highest BCUT2D eigenvalue weighted by atomic mass is 16.2. The molecule has 2 heterocycles. The Balaban J connectivity index is 2.27. The number of hydrogen-bond donors (Lipinski definition) is 2. The van der Waals surface area contributed by atoms with E-state index < -0.39 is 5.41 Å². The van der Waals surface area contributed by atoms with Gasteiger partial charge in [-0.2, -0.15) is 4.99 Å². The molecule has 16 heavy (non-hydrogen) atoms. The van der Waals surface area contributed by atoms with Crippen molar-refractivity contribution in [1.82, 2.24) is 0 Å². The Morgan fingerprint density at radius 2 is 2.06 bits per heavy atom. The third kappa shape index (κ3) is 0.875. The van der Waals surface area contributed by atoms with Gasteiger partial charge in [0, 0.05) is 5.69 Å². The van der Waals surface area contributed by atoms with E-state index in [1.165, 1.54) is 0 Å². The Hall–Kier alpha value is -2.17. The summed E-state index contributed by atoms with van der Waals surface area (Å²) in [7, 11) is 0. The van der Waals surface area contributed by atoms with Crippen molar-refractivity contribution in [2.24, 2.45) is 10.7 Å². The molecule has 2 aliphatic rings. The highest BCUT2D eigenvalue weighted by molar-refractivity contribution is 6.27. The van der Waals surface area contributed by atoms with Crippen molar-refractivity contribution < 1.29 is 9.59 Å². The SMILES string of the molecule is NC1=NC(=O)CC12C(=O)Nc1ccccc12. The molecule has 1 aromatic carbocycles. The maximum Gasteiger partial charge on any atom is 0.249 e. The molecule has 0 radical (unpaired) electrons. The molecular formula is C11H9N3O2. The predicted octanol–water partition coefficient (Wildman–Crippen LogP) is 0.164. The van der Waals surface area contributed by atoms with Crippen LogP contribution >= 0.6 is 0 Å². The number of nitrogens with zero attached hydrogens (tertiary/aromatic N) is 1. The summed E-state index contributed by atoms with van der Waals surface area (Å²) in [4.78, 5) is 27.0. The fourth-order valence-electron chi connectivity index (χ4n) is 2.33. The Labute approximate surface area is 91.4 Å². The normalized spacial score (nSPS) is 26.9. The summed E-state index contributed by atoms with van der Waals surface area (Å²) < 4.78 is 0. The molecular weight excluding hydrogens is 206 g/mol. The third-order valence-electron chi connectivity index (χ3n) is 3.12. The Morgan fingerprint density at radius 1 is 1.31 bits per heavy atom. The van der Waals surface area contributed by atoms with Gasteiger partial charge in [-0.25, -0.2) is 0 Å². The molecule has 1 aromatic rings. The lowest BCUT2D eigenvalue weighted by Crippen LogP contribution is -2.44. The predicted molar refractivity (Wildman–Crippen MR) is 58.0 cm³/mol. The molecule has 0 fully saturated rings. The molecule has 80 valence electrons. The first-order valence-corrected chi connectivity index (χ1v) is 4.93. The van der Waals surface area contributed by atoms with E-state index in [0.717, 1.165) is 5.56 Å². The maximum absolute atomic E-state index is 12.0. The molecule has 1 atom stereocenters. The molecule has 3 N–H and O–H groups in total. The summed E-state index contributed by atoms with van der Waals surface area (Å²) in [6.45, 7) is 0. The average Bonchev–Trinajstić information content (AvgIpc) is 2.69. The molecule has 0 saturated heterocycles. The molecule has 5 nitrogen and oxygen atoms in total. The zero-order valence-electron chi connectivity index (χ0n) is 8.36. The van der Waals surface area contributed by atoms with E-state index in [1.54, 1.807) is 12.1 Å². The number of nitrogens with two attached hydrogens (primary N) is 1. The van der Waals surface area contributed by atoms with Crippen LogP contribution in [0.4, 0.5) is 5.69 Å². The van der Waals surface area contributed by atoms with Gasteiger partial charge in [-0.15, -0.1) is 0 Å². The topological polar surface area (TPSA) is 84.5 Å². The number of anilines is 1. The number of carbonyl (C=O) groups excluding carboxylic acids is 2. The summed E-state index contributed by atoms with van der Waals surface area (Å²) in [5.74, 6) is -0.509. The molecule has 1 unspecified atom stereocenters. The van der Waals surface area contributed by atoms with Crippen LogP contribution < -0.4 is 11.1 Å². The van der Waals surface area contributed by atoms with Crippen LogP contribution in [0.15, 0.2) is 29.3 Å². The lowest BCUT2D eigenvalue weighted by Gasteiger charge is -2.19. The number of rotatable bonds is 0. The van der Waals surface area contributed by atoms with E-state index in [-0.39, 0.29) is 24.1 Å². The van der Waals surface area contributed by atoms with E-state index in [1.807, 2.05) is 12.1 Å². The van der Waals surface area contributed by atoms with Crippen LogP contribution in [0.3, 0.4) is 0 Å². The largest absolute Gasteiger partial charge is 0.386 e. The fraction of sp³-hybridized carbons (Fsp3) is 0.182. The van der Waals surface area contributed by atoms with Gasteiger partial charge in [-0.3, -0.25) is 9.59 Å².